The van der Waals surface area contributed by atoms with Crippen LogP contribution in [-0.4, -0.2) is 46.9 Å². The lowest BCUT2D eigenvalue weighted by Crippen LogP contribution is -2.28. The van der Waals surface area contributed by atoms with E-state index in [-0.39, 0.29) is 24.1 Å². The summed E-state index contributed by atoms with van der Waals surface area (Å²) in [5.74, 6) is 0.326. The second-order valence-electron chi connectivity index (χ2n) is 13.6. The van der Waals surface area contributed by atoms with Crippen molar-refractivity contribution in [3.63, 3.8) is 0 Å². The van der Waals surface area contributed by atoms with Crippen LogP contribution in [0.5, 0.6) is 40.2 Å². The van der Waals surface area contributed by atoms with E-state index in [2.05, 4.69) is 0 Å². The van der Waals surface area contributed by atoms with E-state index < -0.39 is 23.7 Å². The van der Waals surface area contributed by atoms with Crippen LogP contribution in [0.2, 0.25) is 5.02 Å². The van der Waals surface area contributed by atoms with Crippen molar-refractivity contribution >= 4 is 11.6 Å². The van der Waals surface area contributed by atoms with Crippen molar-refractivity contribution < 1.29 is 52.5 Å². The third-order valence-corrected chi connectivity index (χ3v) is 9.54. The molecule has 2 aliphatic carbocycles. The largest absolute Gasteiger partial charge is 0.506 e. The fourth-order valence-electron chi connectivity index (χ4n) is 6.25. The van der Waals surface area contributed by atoms with Crippen molar-refractivity contribution in [2.45, 2.75) is 116 Å². The number of hydrogen-bond acceptors (Lipinski definition) is 9. The molecule has 12 heteroatoms. The van der Waals surface area contributed by atoms with Crippen LogP contribution in [-0.2, 0) is 9.47 Å². The highest BCUT2D eigenvalue weighted by molar-refractivity contribution is 6.32. The van der Waals surface area contributed by atoms with Crippen LogP contribution < -0.4 is 18.9 Å². The Morgan fingerprint density at radius 2 is 1.09 bits per heavy atom. The molecule has 0 aromatic heterocycles. The fourth-order valence-corrected chi connectivity index (χ4v) is 6.42. The maximum absolute atomic E-state index is 13.2. The minimum atomic E-state index is -0.716. The van der Waals surface area contributed by atoms with Crippen molar-refractivity contribution in [2.24, 2.45) is 5.92 Å². The molecule has 0 aliphatic heterocycles. The van der Waals surface area contributed by atoms with E-state index >= 15 is 0 Å². The van der Waals surface area contributed by atoms with Gasteiger partial charge >= 0.3 is 0 Å². The van der Waals surface area contributed by atoms with Gasteiger partial charge in [0.15, 0.2) is 29.4 Å². The summed E-state index contributed by atoms with van der Waals surface area (Å²) in [6.45, 7) is 6.43. The molecule has 306 valence electrons. The molecule has 2 fully saturated rings. The second kappa shape index (κ2) is 23.6. The highest BCUT2D eigenvalue weighted by Gasteiger charge is 2.27. The van der Waals surface area contributed by atoms with Gasteiger partial charge < -0.3 is 43.7 Å². The average molecular weight is 801 g/mol. The molecule has 2 saturated carbocycles. The molecule has 4 aromatic carbocycles. The number of aromatic hydroxyl groups is 3. The third-order valence-electron chi connectivity index (χ3n) is 9.23. The van der Waals surface area contributed by atoms with E-state index in [4.69, 9.17) is 50.2 Å². The molecule has 0 saturated heterocycles. The standard InChI is InChI=1S/C15H21ClO3.C15H15FO3.C14H19FO3/c2*1-2-15(18-11-6-4-3-5-7-11)19-12-8-9-14(17)13(16)10-12;1-2-17-14(10-5-3-4-6-10)18-11-7-8-13(16)12(15)9-11/h8-11,15,17H,2-7H2,1H3;3-10,15,17H,2H2,1H3;7-10,14,16H,2-6H2,1H3. The van der Waals surface area contributed by atoms with Crippen LogP contribution in [0, 0.1) is 17.6 Å². The van der Waals surface area contributed by atoms with Gasteiger partial charge in [0.05, 0.1) is 11.1 Å². The van der Waals surface area contributed by atoms with Crippen molar-refractivity contribution in [3.05, 3.63) is 102 Å². The normalized spacial score (nSPS) is 16.0. The van der Waals surface area contributed by atoms with Gasteiger partial charge in [-0.2, -0.15) is 0 Å². The molecule has 2 aliphatic rings. The molecule has 9 nitrogen and oxygen atoms in total. The number of phenolic OH excluding ortho intramolecular Hbond substituents is 3. The van der Waals surface area contributed by atoms with E-state index in [0.717, 1.165) is 38.2 Å². The van der Waals surface area contributed by atoms with Gasteiger partial charge in [0.2, 0.25) is 12.6 Å². The summed E-state index contributed by atoms with van der Waals surface area (Å²) >= 11 is 5.86. The van der Waals surface area contributed by atoms with Gasteiger partial charge in [0.1, 0.15) is 28.7 Å². The maximum atomic E-state index is 13.2. The molecular formula is C44H55ClF2O9. The molecule has 56 heavy (non-hydrogen) atoms. The molecule has 4 aromatic rings. The molecule has 0 bridgehead atoms. The highest BCUT2D eigenvalue weighted by Crippen LogP contribution is 2.32. The van der Waals surface area contributed by atoms with Crippen LogP contribution in [0.25, 0.3) is 0 Å². The zero-order valence-electron chi connectivity index (χ0n) is 32.4. The summed E-state index contributed by atoms with van der Waals surface area (Å²) in [5, 5.41) is 27.9. The molecule has 0 radical (unpaired) electrons. The minimum Gasteiger partial charge on any atom is -0.506 e. The Balaban J connectivity index is 0.000000187. The number of para-hydroxylation sites is 1. The van der Waals surface area contributed by atoms with Gasteiger partial charge in [-0.15, -0.1) is 0 Å². The van der Waals surface area contributed by atoms with E-state index in [9.17, 15) is 13.9 Å². The number of rotatable bonds is 15. The summed E-state index contributed by atoms with van der Waals surface area (Å²) in [4.78, 5) is 0. The van der Waals surface area contributed by atoms with Gasteiger partial charge in [0.25, 0.3) is 0 Å². The Labute approximate surface area is 334 Å². The molecular weight excluding hydrogens is 746 g/mol. The topological polar surface area (TPSA) is 116 Å². The summed E-state index contributed by atoms with van der Waals surface area (Å²) in [7, 11) is 0. The zero-order chi connectivity index (χ0) is 40.3. The first-order valence-corrected chi connectivity index (χ1v) is 19.9. The van der Waals surface area contributed by atoms with Gasteiger partial charge in [-0.25, -0.2) is 8.78 Å². The van der Waals surface area contributed by atoms with E-state index in [0.29, 0.717) is 53.1 Å². The summed E-state index contributed by atoms with van der Waals surface area (Å²) in [6.07, 6.45) is 11.2. The summed E-state index contributed by atoms with van der Waals surface area (Å²) < 4.78 is 60.6. The number of hydrogen-bond donors (Lipinski definition) is 3. The zero-order valence-corrected chi connectivity index (χ0v) is 33.1. The Kier molecular flexibility index (Phi) is 18.6. The van der Waals surface area contributed by atoms with Crippen molar-refractivity contribution in [1.82, 2.24) is 0 Å². The quantitative estimate of drug-likeness (QED) is 0.101. The molecule has 3 unspecified atom stereocenters. The highest BCUT2D eigenvalue weighted by atomic mass is 35.5. The van der Waals surface area contributed by atoms with Gasteiger partial charge in [-0.3, -0.25) is 0 Å². The molecule has 3 atom stereocenters. The van der Waals surface area contributed by atoms with Gasteiger partial charge in [0, 0.05) is 43.6 Å². The van der Waals surface area contributed by atoms with Gasteiger partial charge in [-0.1, -0.05) is 75.8 Å². The smallest absolute Gasteiger partial charge is 0.240 e. The van der Waals surface area contributed by atoms with Crippen LogP contribution in [0.15, 0.2) is 84.9 Å². The van der Waals surface area contributed by atoms with E-state index in [1.54, 1.807) is 18.2 Å². The predicted molar refractivity (Wildman–Crippen MR) is 212 cm³/mol. The molecule has 6 rings (SSSR count). The Hall–Kier alpha value is -4.45. The summed E-state index contributed by atoms with van der Waals surface area (Å²) in [6, 6.07) is 22.0. The molecule has 0 heterocycles. The predicted octanol–water partition coefficient (Wildman–Crippen LogP) is 11.7. The van der Waals surface area contributed by atoms with Crippen LogP contribution in [0.1, 0.15) is 91.4 Å². The van der Waals surface area contributed by atoms with E-state index in [1.165, 1.54) is 62.4 Å². The van der Waals surface area contributed by atoms with Crippen LogP contribution in [0.3, 0.4) is 0 Å². The van der Waals surface area contributed by atoms with Crippen LogP contribution in [0.4, 0.5) is 8.78 Å². The van der Waals surface area contributed by atoms with Gasteiger partial charge in [-0.05, 0) is 81.1 Å². The average Bonchev–Trinajstić information content (AvgIpc) is 3.75. The first-order valence-electron chi connectivity index (χ1n) is 19.5. The number of halogens is 3. The van der Waals surface area contributed by atoms with E-state index in [1.807, 2.05) is 51.1 Å². The molecule has 0 spiro atoms. The Morgan fingerprint density at radius 3 is 1.62 bits per heavy atom. The maximum Gasteiger partial charge on any atom is 0.240 e. The van der Waals surface area contributed by atoms with Crippen molar-refractivity contribution in [1.29, 1.82) is 0 Å². The van der Waals surface area contributed by atoms with Crippen molar-refractivity contribution in [2.75, 3.05) is 6.61 Å². The number of phenols is 3. The molecule has 0 amide bonds. The number of ether oxygens (including phenoxy) is 6. The monoisotopic (exact) mass is 800 g/mol. The van der Waals surface area contributed by atoms with Crippen LogP contribution >= 0.6 is 11.6 Å². The SMILES string of the molecule is CCC(Oc1ccc(O)c(Cl)c1)OC1CCCCC1.CCC(Oc1ccccc1)Oc1ccc(O)c(F)c1.CCOC(Oc1ccc(O)c(F)c1)C1CCCC1. The first kappa shape index (κ1) is 44.3. The number of benzene rings is 4. The van der Waals surface area contributed by atoms with Crippen molar-refractivity contribution in [3.8, 4) is 40.2 Å². The third kappa shape index (κ3) is 14.9. The Morgan fingerprint density at radius 1 is 0.589 bits per heavy atom. The minimum absolute atomic E-state index is 0.0651. The lowest BCUT2D eigenvalue weighted by molar-refractivity contribution is -0.129. The second-order valence-corrected chi connectivity index (χ2v) is 14.0. The summed E-state index contributed by atoms with van der Waals surface area (Å²) in [5.41, 5.74) is 0. The Bertz CT molecular complexity index is 1720. The lowest BCUT2D eigenvalue weighted by Gasteiger charge is -2.27. The molecule has 3 N–H and O–H groups in total. The lowest BCUT2D eigenvalue weighted by atomic mass is 9.98. The fraction of sp³-hybridized carbons (Fsp3) is 0.455. The first-order chi connectivity index (χ1) is 27.1.